The minimum atomic E-state index is 0. The van der Waals surface area contributed by atoms with E-state index in [1.165, 1.54) is 5.56 Å². The normalized spacial score (nSPS) is 15.1. The lowest BCUT2D eigenvalue weighted by molar-refractivity contribution is 0.235. The predicted octanol–water partition coefficient (Wildman–Crippen LogP) is 3.54. The van der Waals surface area contributed by atoms with Gasteiger partial charge in [-0.05, 0) is 17.7 Å². The van der Waals surface area contributed by atoms with Gasteiger partial charge in [-0.15, -0.1) is 24.0 Å². The van der Waals surface area contributed by atoms with Crippen LogP contribution in [0.3, 0.4) is 0 Å². The molecule has 3 rings (SSSR count). The van der Waals surface area contributed by atoms with Gasteiger partial charge in [0.25, 0.3) is 0 Å². The quantitative estimate of drug-likeness (QED) is 0.276. The van der Waals surface area contributed by atoms with Crippen LogP contribution in [0.4, 0.5) is 0 Å². The molecule has 1 heterocycles. The molecule has 0 radical (unpaired) electrons. The number of benzene rings is 2. The van der Waals surface area contributed by atoms with Crippen molar-refractivity contribution < 1.29 is 9.47 Å². The highest BCUT2D eigenvalue weighted by atomic mass is 127. The van der Waals surface area contributed by atoms with Crippen LogP contribution < -0.4 is 20.1 Å². The summed E-state index contributed by atoms with van der Waals surface area (Å²) in [5.41, 5.74) is 2.33. The Balaban J connectivity index is 0.00000261. The van der Waals surface area contributed by atoms with Gasteiger partial charge < -0.3 is 20.1 Å². The SMILES string of the molecule is C=CCOc1ccccc1CNC(=NC)NCC1Cc2ccccc2O1.I. The molecule has 1 atom stereocenters. The van der Waals surface area contributed by atoms with Gasteiger partial charge in [0, 0.05) is 25.6 Å². The van der Waals surface area contributed by atoms with Crippen molar-refractivity contribution in [1.29, 1.82) is 0 Å². The fourth-order valence-electron chi connectivity index (χ4n) is 2.92. The number of ether oxygens (including phenoxy) is 2. The van der Waals surface area contributed by atoms with Crippen LogP contribution in [0.1, 0.15) is 11.1 Å². The van der Waals surface area contributed by atoms with Crippen LogP contribution in [0, 0.1) is 0 Å². The second kappa shape index (κ2) is 10.8. The van der Waals surface area contributed by atoms with Crippen molar-refractivity contribution in [3.63, 3.8) is 0 Å². The maximum absolute atomic E-state index is 5.95. The number of guanidine groups is 1. The predicted molar refractivity (Wildman–Crippen MR) is 120 cm³/mol. The molecule has 5 nitrogen and oxygen atoms in total. The summed E-state index contributed by atoms with van der Waals surface area (Å²) in [4.78, 5) is 4.29. The lowest BCUT2D eigenvalue weighted by Crippen LogP contribution is -2.42. The minimum Gasteiger partial charge on any atom is -0.489 e. The van der Waals surface area contributed by atoms with Gasteiger partial charge in [0.2, 0.25) is 0 Å². The molecule has 6 heteroatoms. The molecule has 1 unspecified atom stereocenters. The van der Waals surface area contributed by atoms with E-state index in [2.05, 4.69) is 28.3 Å². The van der Waals surface area contributed by atoms with E-state index in [1.54, 1.807) is 13.1 Å². The molecule has 0 amide bonds. The molecule has 0 spiro atoms. The van der Waals surface area contributed by atoms with Gasteiger partial charge in [0.1, 0.15) is 24.2 Å². The summed E-state index contributed by atoms with van der Waals surface area (Å²) in [5.74, 6) is 2.57. The fourth-order valence-corrected chi connectivity index (χ4v) is 2.92. The molecule has 27 heavy (non-hydrogen) atoms. The van der Waals surface area contributed by atoms with Gasteiger partial charge in [-0.3, -0.25) is 4.99 Å². The molecule has 2 aromatic rings. The second-order valence-electron chi connectivity index (χ2n) is 6.07. The Morgan fingerprint density at radius 1 is 1.22 bits per heavy atom. The summed E-state index contributed by atoms with van der Waals surface area (Å²) in [6, 6.07) is 16.1. The largest absolute Gasteiger partial charge is 0.489 e. The first-order chi connectivity index (χ1) is 12.8. The van der Waals surface area contributed by atoms with Crippen LogP contribution in [0.25, 0.3) is 0 Å². The Kier molecular flexibility index (Phi) is 8.44. The molecule has 2 aromatic carbocycles. The molecule has 2 N–H and O–H groups in total. The van der Waals surface area contributed by atoms with Gasteiger partial charge in [-0.2, -0.15) is 0 Å². The van der Waals surface area contributed by atoms with Crippen molar-refractivity contribution in [3.8, 4) is 11.5 Å². The van der Waals surface area contributed by atoms with Gasteiger partial charge in [0.05, 0.1) is 6.54 Å². The number of fused-ring (bicyclic) bond motifs is 1. The van der Waals surface area contributed by atoms with Crippen LogP contribution in [-0.2, 0) is 13.0 Å². The summed E-state index contributed by atoms with van der Waals surface area (Å²) < 4.78 is 11.6. The molecule has 1 aliphatic rings. The maximum atomic E-state index is 5.95. The van der Waals surface area contributed by atoms with E-state index in [0.717, 1.165) is 29.4 Å². The molecule has 0 fully saturated rings. The smallest absolute Gasteiger partial charge is 0.191 e. The lowest BCUT2D eigenvalue weighted by Gasteiger charge is -2.16. The zero-order valence-corrected chi connectivity index (χ0v) is 17.8. The molecule has 0 saturated carbocycles. The van der Waals surface area contributed by atoms with E-state index in [9.17, 15) is 0 Å². The number of hydrogen-bond donors (Lipinski definition) is 2. The van der Waals surface area contributed by atoms with Crippen LogP contribution in [0.15, 0.2) is 66.2 Å². The summed E-state index contributed by atoms with van der Waals surface area (Å²) >= 11 is 0. The number of halogens is 1. The maximum Gasteiger partial charge on any atom is 0.191 e. The highest BCUT2D eigenvalue weighted by Crippen LogP contribution is 2.27. The van der Waals surface area contributed by atoms with E-state index in [0.29, 0.717) is 19.7 Å². The summed E-state index contributed by atoms with van der Waals surface area (Å²) in [6.45, 7) is 5.50. The highest BCUT2D eigenvalue weighted by Gasteiger charge is 2.22. The van der Waals surface area contributed by atoms with Crippen molar-refractivity contribution in [2.45, 2.75) is 19.1 Å². The average Bonchev–Trinajstić information content (AvgIpc) is 3.10. The van der Waals surface area contributed by atoms with Crippen LogP contribution in [0.2, 0.25) is 0 Å². The Bertz CT molecular complexity index is 755. The second-order valence-corrected chi connectivity index (χ2v) is 6.07. The first-order valence-electron chi connectivity index (χ1n) is 8.81. The van der Waals surface area contributed by atoms with Gasteiger partial charge in [-0.25, -0.2) is 0 Å². The molecule has 1 aliphatic heterocycles. The van der Waals surface area contributed by atoms with Gasteiger partial charge in [-0.1, -0.05) is 49.1 Å². The molecule has 0 bridgehead atoms. The topological polar surface area (TPSA) is 54.9 Å². The monoisotopic (exact) mass is 479 g/mol. The van der Waals surface area contributed by atoms with Crippen molar-refractivity contribution in [1.82, 2.24) is 10.6 Å². The number of hydrogen-bond acceptors (Lipinski definition) is 3. The third-order valence-electron chi connectivity index (χ3n) is 4.21. The van der Waals surface area contributed by atoms with Gasteiger partial charge >= 0.3 is 0 Å². The third kappa shape index (κ3) is 5.89. The molecular weight excluding hydrogens is 453 g/mol. The average molecular weight is 479 g/mol. The molecule has 0 aliphatic carbocycles. The number of nitrogens with zero attached hydrogens (tertiary/aromatic N) is 1. The van der Waals surface area contributed by atoms with Crippen molar-refractivity contribution in [2.24, 2.45) is 4.99 Å². The van der Waals surface area contributed by atoms with E-state index in [1.807, 2.05) is 42.5 Å². The number of rotatable bonds is 7. The lowest BCUT2D eigenvalue weighted by atomic mass is 10.1. The van der Waals surface area contributed by atoms with E-state index >= 15 is 0 Å². The standard InChI is InChI=1S/C21H25N3O2.HI/c1-3-12-25-19-10-6-5-9-17(19)14-23-21(22-2)24-15-18-13-16-8-4-7-11-20(16)26-18;/h3-11,18H,1,12-15H2,2H3,(H2,22,23,24);1H. The van der Waals surface area contributed by atoms with E-state index in [4.69, 9.17) is 9.47 Å². The summed E-state index contributed by atoms with van der Waals surface area (Å²) in [6.07, 6.45) is 2.78. The van der Waals surface area contributed by atoms with Crippen LogP contribution in [-0.4, -0.2) is 32.3 Å². The van der Waals surface area contributed by atoms with E-state index in [-0.39, 0.29) is 30.1 Å². The highest BCUT2D eigenvalue weighted by molar-refractivity contribution is 14.0. The zero-order valence-electron chi connectivity index (χ0n) is 15.5. The summed E-state index contributed by atoms with van der Waals surface area (Å²) in [7, 11) is 1.76. The third-order valence-corrected chi connectivity index (χ3v) is 4.21. The number of para-hydroxylation sites is 2. The minimum absolute atomic E-state index is 0. The Morgan fingerprint density at radius 3 is 2.78 bits per heavy atom. The Morgan fingerprint density at radius 2 is 2.00 bits per heavy atom. The zero-order chi connectivity index (χ0) is 18.2. The first kappa shape index (κ1) is 21.1. The summed E-state index contributed by atoms with van der Waals surface area (Å²) in [5, 5.41) is 6.66. The Labute approximate surface area is 177 Å². The van der Waals surface area contributed by atoms with Crippen LogP contribution in [0.5, 0.6) is 11.5 Å². The van der Waals surface area contributed by atoms with Gasteiger partial charge in [0.15, 0.2) is 5.96 Å². The molecule has 0 saturated heterocycles. The first-order valence-corrected chi connectivity index (χ1v) is 8.81. The van der Waals surface area contributed by atoms with Crippen molar-refractivity contribution in [3.05, 3.63) is 72.3 Å². The number of aliphatic imine (C=N–C) groups is 1. The molecular formula is C21H26IN3O2. The fraction of sp³-hybridized carbons (Fsp3) is 0.286. The molecule has 144 valence electrons. The Hall–Kier alpha value is -2.22. The van der Waals surface area contributed by atoms with E-state index < -0.39 is 0 Å². The van der Waals surface area contributed by atoms with Crippen molar-refractivity contribution in [2.75, 3.05) is 20.2 Å². The number of nitrogens with one attached hydrogen (secondary N) is 2. The van der Waals surface area contributed by atoms with Crippen molar-refractivity contribution >= 4 is 29.9 Å². The molecule has 0 aromatic heterocycles. The van der Waals surface area contributed by atoms with Crippen LogP contribution >= 0.6 is 24.0 Å².